The van der Waals surface area contributed by atoms with Gasteiger partial charge in [0.25, 0.3) is 0 Å². The number of hydrogen-bond acceptors (Lipinski definition) is 6. The maximum absolute atomic E-state index is 13.3. The molecular formula is C22H26N2O6S. The summed E-state index contributed by atoms with van der Waals surface area (Å²) >= 11 is 0. The molecule has 1 amide bonds. The molecule has 1 saturated heterocycles. The van der Waals surface area contributed by atoms with Crippen LogP contribution in [0.2, 0.25) is 0 Å². The van der Waals surface area contributed by atoms with Gasteiger partial charge in [0.1, 0.15) is 23.9 Å². The minimum absolute atomic E-state index is 0.121. The van der Waals surface area contributed by atoms with Gasteiger partial charge in [0.05, 0.1) is 13.0 Å². The van der Waals surface area contributed by atoms with Gasteiger partial charge in [0.15, 0.2) is 11.5 Å². The van der Waals surface area contributed by atoms with E-state index >= 15 is 0 Å². The third kappa shape index (κ3) is 4.47. The Bertz CT molecular complexity index is 1090. The van der Waals surface area contributed by atoms with E-state index in [4.69, 9.17) is 14.2 Å². The minimum Gasteiger partial charge on any atom is -0.495 e. The number of carbonyl (C=O) groups is 1. The van der Waals surface area contributed by atoms with E-state index in [0.29, 0.717) is 55.5 Å². The van der Waals surface area contributed by atoms with Crippen molar-refractivity contribution < 1.29 is 27.4 Å². The summed E-state index contributed by atoms with van der Waals surface area (Å²) in [5, 5.41) is 2.88. The Balaban J connectivity index is 1.49. The van der Waals surface area contributed by atoms with Crippen molar-refractivity contribution in [3.05, 3.63) is 42.0 Å². The summed E-state index contributed by atoms with van der Waals surface area (Å²) in [6.07, 6.45) is 1.22. The van der Waals surface area contributed by atoms with Crippen LogP contribution in [0.4, 0.5) is 5.69 Å². The van der Waals surface area contributed by atoms with Crippen molar-refractivity contribution in [2.45, 2.75) is 24.7 Å². The normalized spacial score (nSPS) is 19.0. The summed E-state index contributed by atoms with van der Waals surface area (Å²) in [5.41, 5.74) is 1.42. The molecule has 1 unspecified atom stereocenters. The summed E-state index contributed by atoms with van der Waals surface area (Å²) in [4.78, 5) is 13.0. The van der Waals surface area contributed by atoms with Gasteiger partial charge in [-0.15, -0.1) is 0 Å². The minimum atomic E-state index is -3.79. The summed E-state index contributed by atoms with van der Waals surface area (Å²) in [6.45, 7) is 3.28. The predicted molar refractivity (Wildman–Crippen MR) is 115 cm³/mol. The molecular weight excluding hydrogens is 420 g/mol. The van der Waals surface area contributed by atoms with Crippen LogP contribution in [-0.2, 0) is 14.8 Å². The number of ether oxygens (including phenoxy) is 3. The molecule has 0 spiro atoms. The highest BCUT2D eigenvalue weighted by Crippen LogP contribution is 2.34. The fourth-order valence-electron chi connectivity index (χ4n) is 3.86. The fourth-order valence-corrected chi connectivity index (χ4v) is 5.63. The smallest absolute Gasteiger partial charge is 0.246 e. The van der Waals surface area contributed by atoms with Crippen LogP contribution in [0.15, 0.2) is 41.3 Å². The molecule has 2 aliphatic heterocycles. The Morgan fingerprint density at radius 3 is 2.68 bits per heavy atom. The molecule has 0 aromatic heterocycles. The second-order valence-corrected chi connectivity index (χ2v) is 9.61. The highest BCUT2D eigenvalue weighted by molar-refractivity contribution is 7.89. The summed E-state index contributed by atoms with van der Waals surface area (Å²) < 4.78 is 44.3. The predicted octanol–water partition coefficient (Wildman–Crippen LogP) is 2.81. The molecule has 2 aromatic rings. The molecule has 1 fully saturated rings. The number of fused-ring (bicyclic) bond motifs is 1. The fraction of sp³-hybridized carbons (Fsp3) is 0.409. The first-order valence-corrected chi connectivity index (χ1v) is 11.7. The average molecular weight is 447 g/mol. The largest absolute Gasteiger partial charge is 0.495 e. The monoisotopic (exact) mass is 446 g/mol. The van der Waals surface area contributed by atoms with E-state index < -0.39 is 15.9 Å². The topological polar surface area (TPSA) is 94.2 Å². The molecule has 0 saturated carbocycles. The van der Waals surface area contributed by atoms with Gasteiger partial charge in [-0.2, -0.15) is 4.31 Å². The lowest BCUT2D eigenvalue weighted by Gasteiger charge is -2.31. The lowest BCUT2D eigenvalue weighted by molar-refractivity contribution is -0.120. The van der Waals surface area contributed by atoms with Crippen molar-refractivity contribution in [1.29, 1.82) is 0 Å². The van der Waals surface area contributed by atoms with E-state index in [2.05, 4.69) is 5.32 Å². The number of nitrogens with zero attached hydrogens (tertiary/aromatic N) is 1. The molecule has 1 atom stereocenters. The first-order valence-electron chi connectivity index (χ1n) is 10.2. The SMILES string of the molecule is COc1ccc(C)cc1S(=O)(=O)N1CCCC(C(=O)Nc2ccc3c(c2)OCCO3)C1. The molecule has 166 valence electrons. The molecule has 2 aromatic carbocycles. The number of amides is 1. The maximum atomic E-state index is 13.3. The van der Waals surface area contributed by atoms with Crippen molar-refractivity contribution in [1.82, 2.24) is 4.31 Å². The Labute approximate surface area is 182 Å². The Morgan fingerprint density at radius 2 is 1.90 bits per heavy atom. The number of aryl methyl sites for hydroxylation is 1. The van der Waals surface area contributed by atoms with Crippen LogP contribution >= 0.6 is 0 Å². The molecule has 4 rings (SSSR count). The molecule has 2 heterocycles. The number of piperidine rings is 1. The lowest BCUT2D eigenvalue weighted by atomic mass is 9.98. The van der Waals surface area contributed by atoms with E-state index in [9.17, 15) is 13.2 Å². The zero-order chi connectivity index (χ0) is 22.0. The quantitative estimate of drug-likeness (QED) is 0.759. The van der Waals surface area contributed by atoms with Gasteiger partial charge in [-0.05, 0) is 49.6 Å². The van der Waals surface area contributed by atoms with Crippen LogP contribution in [-0.4, -0.2) is 52.0 Å². The molecule has 31 heavy (non-hydrogen) atoms. The lowest BCUT2D eigenvalue weighted by Crippen LogP contribution is -2.43. The number of hydrogen-bond donors (Lipinski definition) is 1. The summed E-state index contributed by atoms with van der Waals surface area (Å²) in [5.74, 6) is 0.864. The third-order valence-electron chi connectivity index (χ3n) is 5.50. The Kier molecular flexibility index (Phi) is 6.06. The Hall–Kier alpha value is -2.78. The zero-order valence-electron chi connectivity index (χ0n) is 17.6. The van der Waals surface area contributed by atoms with Crippen molar-refractivity contribution in [2.75, 3.05) is 38.7 Å². The zero-order valence-corrected chi connectivity index (χ0v) is 18.4. The van der Waals surface area contributed by atoms with E-state index in [1.54, 1.807) is 36.4 Å². The Morgan fingerprint density at radius 1 is 1.13 bits per heavy atom. The van der Waals surface area contributed by atoms with Crippen molar-refractivity contribution >= 4 is 21.6 Å². The molecule has 0 bridgehead atoms. The average Bonchev–Trinajstić information content (AvgIpc) is 2.79. The van der Waals surface area contributed by atoms with E-state index in [-0.39, 0.29) is 17.3 Å². The van der Waals surface area contributed by atoms with Crippen LogP contribution in [0.25, 0.3) is 0 Å². The van der Waals surface area contributed by atoms with Gasteiger partial charge in [0.2, 0.25) is 15.9 Å². The van der Waals surface area contributed by atoms with Crippen LogP contribution in [0.1, 0.15) is 18.4 Å². The highest BCUT2D eigenvalue weighted by Gasteiger charge is 2.35. The molecule has 1 N–H and O–H groups in total. The van der Waals surface area contributed by atoms with Gasteiger partial charge in [-0.1, -0.05) is 6.07 Å². The number of carbonyl (C=O) groups excluding carboxylic acids is 1. The number of methoxy groups -OCH3 is 1. The number of benzene rings is 2. The van der Waals surface area contributed by atoms with E-state index in [1.807, 2.05) is 6.92 Å². The summed E-state index contributed by atoms with van der Waals surface area (Å²) in [7, 11) is -2.34. The van der Waals surface area contributed by atoms with Gasteiger partial charge in [-0.25, -0.2) is 8.42 Å². The first kappa shape index (κ1) is 21.5. The number of anilines is 1. The van der Waals surface area contributed by atoms with Gasteiger partial charge in [-0.3, -0.25) is 4.79 Å². The third-order valence-corrected chi connectivity index (χ3v) is 7.39. The first-order chi connectivity index (χ1) is 14.9. The molecule has 0 aliphatic carbocycles. The molecule has 8 nitrogen and oxygen atoms in total. The van der Waals surface area contributed by atoms with Crippen molar-refractivity contribution in [2.24, 2.45) is 5.92 Å². The van der Waals surface area contributed by atoms with Crippen molar-refractivity contribution in [3.63, 3.8) is 0 Å². The number of rotatable bonds is 5. The number of sulfonamides is 1. The second kappa shape index (κ2) is 8.76. The standard InChI is InChI=1S/C22H26N2O6S/c1-15-5-7-19(28-2)21(12-15)31(26,27)24-9-3-4-16(14-24)22(25)23-17-6-8-18-20(13-17)30-11-10-29-18/h5-8,12-13,16H,3-4,9-11,14H2,1-2H3,(H,23,25). The van der Waals surface area contributed by atoms with Crippen LogP contribution in [0.3, 0.4) is 0 Å². The van der Waals surface area contributed by atoms with Gasteiger partial charge in [0, 0.05) is 24.8 Å². The highest BCUT2D eigenvalue weighted by atomic mass is 32.2. The molecule has 2 aliphatic rings. The van der Waals surface area contributed by atoms with Crippen molar-refractivity contribution in [3.8, 4) is 17.2 Å². The van der Waals surface area contributed by atoms with Gasteiger partial charge < -0.3 is 19.5 Å². The number of nitrogens with one attached hydrogen (secondary N) is 1. The molecule has 0 radical (unpaired) electrons. The van der Waals surface area contributed by atoms with E-state index in [1.165, 1.54) is 11.4 Å². The van der Waals surface area contributed by atoms with Gasteiger partial charge >= 0.3 is 0 Å². The maximum Gasteiger partial charge on any atom is 0.246 e. The van der Waals surface area contributed by atoms with E-state index in [0.717, 1.165) is 5.56 Å². The van der Waals surface area contributed by atoms with Crippen LogP contribution in [0, 0.1) is 12.8 Å². The van der Waals surface area contributed by atoms with Crippen LogP contribution < -0.4 is 19.5 Å². The molecule has 9 heteroatoms. The summed E-state index contributed by atoms with van der Waals surface area (Å²) in [6, 6.07) is 10.3. The second-order valence-electron chi connectivity index (χ2n) is 7.70. The van der Waals surface area contributed by atoms with Crippen LogP contribution in [0.5, 0.6) is 17.2 Å².